The summed E-state index contributed by atoms with van der Waals surface area (Å²) in [7, 11) is 1.97. The van der Waals surface area contributed by atoms with E-state index in [0.29, 0.717) is 6.54 Å². The monoisotopic (exact) mass is 267 g/mol. The number of nitrogens with zero attached hydrogens (tertiary/aromatic N) is 3. The molecule has 0 saturated carbocycles. The van der Waals surface area contributed by atoms with Crippen molar-refractivity contribution in [3.63, 3.8) is 0 Å². The molecular weight excluding hydrogens is 242 g/mol. The molecule has 0 aliphatic heterocycles. The molecule has 0 bridgehead atoms. The molecule has 0 aliphatic carbocycles. The zero-order chi connectivity index (χ0) is 14.3. The minimum atomic E-state index is -0.269. The lowest BCUT2D eigenvalue weighted by Crippen LogP contribution is -2.26. The number of hydrogen-bond donors (Lipinski definition) is 1. The smallest absolute Gasteiger partial charge is 0.268 e. The van der Waals surface area contributed by atoms with Crippen LogP contribution in [0.5, 0.6) is 0 Å². The van der Waals surface area contributed by atoms with Crippen molar-refractivity contribution < 1.29 is 5.11 Å². The van der Waals surface area contributed by atoms with E-state index in [4.69, 9.17) is 5.11 Å². The van der Waals surface area contributed by atoms with E-state index in [1.54, 1.807) is 19.2 Å². The van der Waals surface area contributed by atoms with E-state index in [9.17, 15) is 4.79 Å². The SMILES string of the molecule is CCCN(C)c1cnn(CCCCC(C)O)c(=O)c1. The van der Waals surface area contributed by atoms with Crippen LogP contribution in [0.15, 0.2) is 17.1 Å². The van der Waals surface area contributed by atoms with E-state index in [-0.39, 0.29) is 11.7 Å². The van der Waals surface area contributed by atoms with Gasteiger partial charge in [0.2, 0.25) is 0 Å². The lowest BCUT2D eigenvalue weighted by Gasteiger charge is -2.17. The summed E-state index contributed by atoms with van der Waals surface area (Å²) >= 11 is 0. The predicted molar refractivity (Wildman–Crippen MR) is 77.6 cm³/mol. The van der Waals surface area contributed by atoms with Crippen molar-refractivity contribution in [2.75, 3.05) is 18.5 Å². The van der Waals surface area contributed by atoms with Crippen LogP contribution < -0.4 is 10.5 Å². The van der Waals surface area contributed by atoms with E-state index in [2.05, 4.69) is 12.0 Å². The number of unbranched alkanes of at least 4 members (excludes halogenated alkanes) is 1. The molecule has 0 spiro atoms. The standard InChI is InChI=1S/C14H25N3O2/c1-4-8-16(3)13-10-14(19)17(15-11-13)9-6-5-7-12(2)18/h10-12,18H,4-9H2,1-3H3. The first-order chi connectivity index (χ1) is 9.04. The van der Waals surface area contributed by atoms with Crippen LogP contribution in [0.4, 0.5) is 5.69 Å². The second-order valence-corrected chi connectivity index (χ2v) is 5.04. The third kappa shape index (κ3) is 5.42. The summed E-state index contributed by atoms with van der Waals surface area (Å²) < 4.78 is 1.49. The van der Waals surface area contributed by atoms with Crippen LogP contribution in [0.3, 0.4) is 0 Å². The van der Waals surface area contributed by atoms with Gasteiger partial charge in [-0.15, -0.1) is 0 Å². The van der Waals surface area contributed by atoms with E-state index >= 15 is 0 Å². The zero-order valence-electron chi connectivity index (χ0n) is 12.2. The van der Waals surface area contributed by atoms with Crippen LogP contribution in [0.2, 0.25) is 0 Å². The minimum absolute atomic E-state index is 0.0579. The summed E-state index contributed by atoms with van der Waals surface area (Å²) in [5.41, 5.74) is 0.810. The van der Waals surface area contributed by atoms with E-state index in [1.807, 2.05) is 11.9 Å². The molecule has 1 unspecified atom stereocenters. The van der Waals surface area contributed by atoms with Gasteiger partial charge in [0.05, 0.1) is 18.0 Å². The maximum Gasteiger partial charge on any atom is 0.268 e. The lowest BCUT2D eigenvalue weighted by molar-refractivity contribution is 0.179. The molecule has 1 N–H and O–H groups in total. The number of aliphatic hydroxyl groups is 1. The van der Waals surface area contributed by atoms with Crippen molar-refractivity contribution in [3.05, 3.63) is 22.6 Å². The predicted octanol–water partition coefficient (Wildman–Crippen LogP) is 1.64. The summed E-state index contributed by atoms with van der Waals surface area (Å²) in [6.45, 7) is 5.42. The highest BCUT2D eigenvalue weighted by Gasteiger charge is 2.04. The molecule has 5 heteroatoms. The van der Waals surface area contributed by atoms with Crippen LogP contribution in [-0.2, 0) is 6.54 Å². The molecule has 5 nitrogen and oxygen atoms in total. The molecule has 1 aromatic rings. The maximum atomic E-state index is 11.9. The summed E-state index contributed by atoms with van der Waals surface area (Å²) in [5, 5.41) is 13.4. The zero-order valence-corrected chi connectivity index (χ0v) is 12.2. The van der Waals surface area contributed by atoms with E-state index in [0.717, 1.165) is 37.9 Å². The Labute approximate surface area is 114 Å². The number of rotatable bonds is 8. The van der Waals surface area contributed by atoms with Gasteiger partial charge in [-0.1, -0.05) is 6.92 Å². The quantitative estimate of drug-likeness (QED) is 0.727. The van der Waals surface area contributed by atoms with Gasteiger partial charge in [0, 0.05) is 26.2 Å². The topological polar surface area (TPSA) is 58.4 Å². The Morgan fingerprint density at radius 3 is 2.79 bits per heavy atom. The molecule has 1 heterocycles. The molecule has 19 heavy (non-hydrogen) atoms. The van der Waals surface area contributed by atoms with Crippen LogP contribution >= 0.6 is 0 Å². The second kappa shape index (κ2) is 7.94. The highest BCUT2D eigenvalue weighted by molar-refractivity contribution is 5.41. The Balaban J connectivity index is 2.55. The van der Waals surface area contributed by atoms with Crippen molar-refractivity contribution in [2.45, 2.75) is 52.2 Å². The first-order valence-corrected chi connectivity index (χ1v) is 7.01. The molecule has 0 radical (unpaired) electrons. The van der Waals surface area contributed by atoms with Gasteiger partial charge < -0.3 is 10.0 Å². The fourth-order valence-corrected chi connectivity index (χ4v) is 1.97. The highest BCUT2D eigenvalue weighted by Crippen LogP contribution is 2.07. The van der Waals surface area contributed by atoms with Crippen molar-refractivity contribution in [2.24, 2.45) is 0 Å². The minimum Gasteiger partial charge on any atom is -0.393 e. The van der Waals surface area contributed by atoms with Gasteiger partial charge in [-0.05, 0) is 32.6 Å². The molecule has 1 rings (SSSR count). The van der Waals surface area contributed by atoms with Crippen molar-refractivity contribution >= 4 is 5.69 Å². The molecule has 0 fully saturated rings. The first kappa shape index (κ1) is 15.7. The molecule has 0 amide bonds. The Kier molecular flexibility index (Phi) is 6.56. The molecule has 1 aromatic heterocycles. The summed E-state index contributed by atoms with van der Waals surface area (Å²) in [5.74, 6) is 0. The van der Waals surface area contributed by atoms with Gasteiger partial charge in [-0.25, -0.2) is 4.68 Å². The average Bonchev–Trinajstić information content (AvgIpc) is 2.36. The van der Waals surface area contributed by atoms with E-state index in [1.165, 1.54) is 4.68 Å². The van der Waals surface area contributed by atoms with Gasteiger partial charge >= 0.3 is 0 Å². The Hall–Kier alpha value is -1.36. The van der Waals surface area contributed by atoms with Gasteiger partial charge in [-0.3, -0.25) is 4.79 Å². The number of anilines is 1. The highest BCUT2D eigenvalue weighted by atomic mass is 16.3. The van der Waals surface area contributed by atoms with Crippen molar-refractivity contribution in [3.8, 4) is 0 Å². The second-order valence-electron chi connectivity index (χ2n) is 5.04. The van der Waals surface area contributed by atoms with Gasteiger partial charge in [0.25, 0.3) is 5.56 Å². The van der Waals surface area contributed by atoms with Crippen molar-refractivity contribution in [1.82, 2.24) is 9.78 Å². The number of aliphatic hydroxyl groups excluding tert-OH is 1. The third-order valence-corrected chi connectivity index (χ3v) is 3.10. The molecule has 1 atom stereocenters. The number of aryl methyl sites for hydroxylation is 1. The van der Waals surface area contributed by atoms with Crippen LogP contribution in [-0.4, -0.2) is 34.6 Å². The Bertz CT molecular complexity index is 429. The molecule has 0 saturated heterocycles. The van der Waals surface area contributed by atoms with Gasteiger partial charge in [-0.2, -0.15) is 5.10 Å². The summed E-state index contributed by atoms with van der Waals surface area (Å²) in [6, 6.07) is 1.64. The lowest BCUT2D eigenvalue weighted by atomic mass is 10.2. The van der Waals surface area contributed by atoms with E-state index < -0.39 is 0 Å². The number of aromatic nitrogens is 2. The molecular formula is C14H25N3O2. The first-order valence-electron chi connectivity index (χ1n) is 7.01. The number of hydrogen-bond acceptors (Lipinski definition) is 4. The molecule has 108 valence electrons. The normalized spacial score (nSPS) is 12.4. The largest absolute Gasteiger partial charge is 0.393 e. The van der Waals surface area contributed by atoms with Gasteiger partial charge in [0.15, 0.2) is 0 Å². The fraction of sp³-hybridized carbons (Fsp3) is 0.714. The fourth-order valence-electron chi connectivity index (χ4n) is 1.97. The van der Waals surface area contributed by atoms with Crippen LogP contribution in [0, 0.1) is 0 Å². The summed E-state index contributed by atoms with van der Waals surface area (Å²) in [6.07, 6.45) is 5.05. The average molecular weight is 267 g/mol. The Morgan fingerprint density at radius 2 is 2.21 bits per heavy atom. The van der Waals surface area contributed by atoms with Gasteiger partial charge in [0.1, 0.15) is 0 Å². The molecule has 0 aliphatic rings. The Morgan fingerprint density at radius 1 is 1.47 bits per heavy atom. The van der Waals surface area contributed by atoms with Crippen LogP contribution in [0.1, 0.15) is 39.5 Å². The van der Waals surface area contributed by atoms with Crippen LogP contribution in [0.25, 0.3) is 0 Å². The third-order valence-electron chi connectivity index (χ3n) is 3.10. The maximum absolute atomic E-state index is 11.9. The summed E-state index contributed by atoms with van der Waals surface area (Å²) in [4.78, 5) is 13.9. The van der Waals surface area contributed by atoms with Crippen molar-refractivity contribution in [1.29, 1.82) is 0 Å². The molecule has 0 aromatic carbocycles.